The molecule has 19 heavy (non-hydrogen) atoms. The van der Waals surface area contributed by atoms with Crippen molar-refractivity contribution < 1.29 is 9.26 Å². The van der Waals surface area contributed by atoms with Crippen molar-refractivity contribution in [1.82, 2.24) is 10.1 Å². The Balaban J connectivity index is 2.30. The highest BCUT2D eigenvalue weighted by Gasteiger charge is 2.23. The summed E-state index contributed by atoms with van der Waals surface area (Å²) < 4.78 is 11.0. The molecule has 0 saturated carbocycles. The molecule has 2 aromatic heterocycles. The third-order valence-electron chi connectivity index (χ3n) is 2.76. The summed E-state index contributed by atoms with van der Waals surface area (Å²) in [5.41, 5.74) is 6.74. The molecular weight excluding hydrogens is 262 g/mol. The van der Waals surface area contributed by atoms with E-state index in [4.69, 9.17) is 15.0 Å². The van der Waals surface area contributed by atoms with E-state index in [0.717, 1.165) is 10.4 Å². The van der Waals surface area contributed by atoms with Crippen LogP contribution in [0, 0.1) is 12.8 Å². The number of rotatable bonds is 5. The van der Waals surface area contributed by atoms with Gasteiger partial charge in [-0.15, -0.1) is 11.3 Å². The van der Waals surface area contributed by atoms with E-state index in [-0.39, 0.29) is 12.0 Å². The van der Waals surface area contributed by atoms with Crippen LogP contribution in [0.3, 0.4) is 0 Å². The fraction of sp³-hybridized carbons (Fsp3) is 0.538. The van der Waals surface area contributed by atoms with Crippen LogP contribution in [0.5, 0.6) is 0 Å². The molecule has 104 valence electrons. The van der Waals surface area contributed by atoms with Gasteiger partial charge in [-0.2, -0.15) is 4.98 Å². The van der Waals surface area contributed by atoms with Gasteiger partial charge in [0, 0.05) is 11.5 Å². The maximum atomic E-state index is 5.94. The Labute approximate surface area is 116 Å². The number of thiophene rings is 1. The lowest BCUT2D eigenvalue weighted by Gasteiger charge is -2.16. The summed E-state index contributed by atoms with van der Waals surface area (Å²) in [6, 6.07) is 1.96. The van der Waals surface area contributed by atoms with Crippen LogP contribution in [0.2, 0.25) is 0 Å². The van der Waals surface area contributed by atoms with Crippen molar-refractivity contribution in [1.29, 1.82) is 0 Å². The van der Waals surface area contributed by atoms with Crippen molar-refractivity contribution in [3.8, 4) is 11.5 Å². The van der Waals surface area contributed by atoms with Crippen molar-refractivity contribution in [2.24, 2.45) is 5.92 Å². The summed E-state index contributed by atoms with van der Waals surface area (Å²) in [6.45, 7) is 8.71. The number of nitrogens with zero attached hydrogens (tertiary/aromatic N) is 2. The third kappa shape index (κ3) is 2.96. The molecule has 5 nitrogen and oxygen atoms in total. The van der Waals surface area contributed by atoms with Crippen molar-refractivity contribution in [3.05, 3.63) is 16.8 Å². The number of anilines is 1. The van der Waals surface area contributed by atoms with Gasteiger partial charge < -0.3 is 15.0 Å². The maximum Gasteiger partial charge on any atom is 0.261 e. The van der Waals surface area contributed by atoms with E-state index in [1.165, 1.54) is 11.3 Å². The highest BCUT2D eigenvalue weighted by molar-refractivity contribution is 7.16. The molecule has 2 rings (SSSR count). The second-order valence-electron chi connectivity index (χ2n) is 4.71. The molecule has 0 saturated heterocycles. The van der Waals surface area contributed by atoms with Crippen LogP contribution in [0.1, 0.15) is 37.6 Å². The second-order valence-corrected chi connectivity index (χ2v) is 6.00. The van der Waals surface area contributed by atoms with E-state index in [1.54, 1.807) is 0 Å². The minimum Gasteiger partial charge on any atom is -0.390 e. The topological polar surface area (TPSA) is 74.2 Å². The van der Waals surface area contributed by atoms with Crippen LogP contribution in [-0.2, 0) is 4.74 Å². The Morgan fingerprint density at radius 2 is 2.21 bits per heavy atom. The van der Waals surface area contributed by atoms with Crippen LogP contribution >= 0.6 is 11.3 Å². The average Bonchev–Trinajstić information content (AvgIpc) is 2.92. The Morgan fingerprint density at radius 1 is 1.47 bits per heavy atom. The minimum atomic E-state index is -0.150. The molecule has 0 bridgehead atoms. The zero-order valence-electron chi connectivity index (χ0n) is 11.6. The van der Waals surface area contributed by atoms with Gasteiger partial charge in [0.1, 0.15) is 6.10 Å². The van der Waals surface area contributed by atoms with Crippen molar-refractivity contribution in [3.63, 3.8) is 0 Å². The Morgan fingerprint density at radius 3 is 2.74 bits per heavy atom. The molecule has 1 unspecified atom stereocenters. The molecule has 2 heterocycles. The van der Waals surface area contributed by atoms with Crippen LogP contribution in [0.25, 0.3) is 11.5 Å². The van der Waals surface area contributed by atoms with Crippen LogP contribution in [0.15, 0.2) is 10.6 Å². The van der Waals surface area contributed by atoms with Crippen LogP contribution in [0.4, 0.5) is 5.00 Å². The first-order valence-corrected chi connectivity index (χ1v) is 7.16. The van der Waals surface area contributed by atoms with E-state index < -0.39 is 0 Å². The van der Waals surface area contributed by atoms with Crippen LogP contribution in [-0.4, -0.2) is 16.7 Å². The smallest absolute Gasteiger partial charge is 0.261 e. The summed E-state index contributed by atoms with van der Waals surface area (Å²) in [6.07, 6.45) is -0.150. The summed E-state index contributed by atoms with van der Waals surface area (Å²) >= 11 is 1.52. The molecule has 0 spiro atoms. The number of aromatic nitrogens is 2. The summed E-state index contributed by atoms with van der Waals surface area (Å²) in [7, 11) is 0. The number of nitrogen functional groups attached to an aromatic ring is 1. The highest BCUT2D eigenvalue weighted by Crippen LogP contribution is 2.33. The van der Waals surface area contributed by atoms with Gasteiger partial charge in [0.25, 0.3) is 5.89 Å². The largest absolute Gasteiger partial charge is 0.390 e. The van der Waals surface area contributed by atoms with Crippen LogP contribution < -0.4 is 5.73 Å². The van der Waals surface area contributed by atoms with Crippen molar-refractivity contribution in [2.45, 2.75) is 33.8 Å². The molecule has 0 aliphatic rings. The zero-order chi connectivity index (χ0) is 14.0. The molecular formula is C13H19N3O2S. The lowest BCUT2D eigenvalue weighted by Crippen LogP contribution is -2.12. The lowest BCUT2D eigenvalue weighted by atomic mass is 10.1. The fourth-order valence-corrected chi connectivity index (χ4v) is 2.68. The van der Waals surface area contributed by atoms with Gasteiger partial charge in [0.2, 0.25) is 5.82 Å². The molecule has 0 aliphatic heterocycles. The molecule has 2 aromatic rings. The first kappa shape index (κ1) is 14.0. The SMILES string of the molecule is CCOC(c1noc(-c2cc(C)sc2N)n1)C(C)C. The number of aryl methyl sites for hydroxylation is 1. The highest BCUT2D eigenvalue weighted by atomic mass is 32.1. The predicted molar refractivity (Wildman–Crippen MR) is 76.0 cm³/mol. The van der Waals surface area contributed by atoms with E-state index in [0.29, 0.717) is 23.3 Å². The van der Waals surface area contributed by atoms with Gasteiger partial charge in [0.05, 0.1) is 10.6 Å². The molecule has 0 radical (unpaired) electrons. The minimum absolute atomic E-state index is 0.150. The van der Waals surface area contributed by atoms with Gasteiger partial charge in [-0.05, 0) is 25.8 Å². The molecule has 2 N–H and O–H groups in total. The van der Waals surface area contributed by atoms with E-state index in [9.17, 15) is 0 Å². The van der Waals surface area contributed by atoms with E-state index in [1.807, 2.05) is 19.9 Å². The predicted octanol–water partition coefficient (Wildman–Crippen LogP) is 3.42. The van der Waals surface area contributed by atoms with Gasteiger partial charge in [-0.25, -0.2) is 0 Å². The molecule has 0 aliphatic carbocycles. The fourth-order valence-electron chi connectivity index (χ4n) is 1.90. The quantitative estimate of drug-likeness (QED) is 0.909. The summed E-state index contributed by atoms with van der Waals surface area (Å²) in [5, 5.41) is 4.72. The van der Waals surface area contributed by atoms with Gasteiger partial charge in [0.15, 0.2) is 0 Å². The lowest BCUT2D eigenvalue weighted by molar-refractivity contribution is 0.0217. The van der Waals surface area contributed by atoms with E-state index >= 15 is 0 Å². The molecule has 1 atom stereocenters. The monoisotopic (exact) mass is 281 g/mol. The molecule has 6 heteroatoms. The summed E-state index contributed by atoms with van der Waals surface area (Å²) in [5.74, 6) is 1.32. The average molecular weight is 281 g/mol. The number of nitrogens with two attached hydrogens (primary N) is 1. The Hall–Kier alpha value is -1.40. The zero-order valence-corrected chi connectivity index (χ0v) is 12.5. The Bertz CT molecular complexity index is 548. The molecule has 0 amide bonds. The molecule has 0 aromatic carbocycles. The number of hydrogen-bond donors (Lipinski definition) is 1. The third-order valence-corrected chi connectivity index (χ3v) is 3.64. The van der Waals surface area contributed by atoms with Gasteiger partial charge >= 0.3 is 0 Å². The van der Waals surface area contributed by atoms with E-state index in [2.05, 4.69) is 24.0 Å². The normalized spacial score (nSPS) is 13.1. The second kappa shape index (κ2) is 5.71. The first-order chi connectivity index (χ1) is 9.02. The number of ether oxygens (including phenoxy) is 1. The standard InChI is InChI=1S/C13H19N3O2S/c1-5-17-10(7(2)3)12-15-13(18-16-12)9-6-8(4)19-11(9)14/h6-7,10H,5,14H2,1-4H3. The molecule has 0 fully saturated rings. The first-order valence-electron chi connectivity index (χ1n) is 6.34. The summed E-state index contributed by atoms with van der Waals surface area (Å²) in [4.78, 5) is 5.54. The Kier molecular flexibility index (Phi) is 4.21. The van der Waals surface area contributed by atoms with Crippen molar-refractivity contribution >= 4 is 16.3 Å². The van der Waals surface area contributed by atoms with Gasteiger partial charge in [-0.1, -0.05) is 19.0 Å². The van der Waals surface area contributed by atoms with Crippen molar-refractivity contribution in [2.75, 3.05) is 12.3 Å². The maximum absolute atomic E-state index is 5.94. The van der Waals surface area contributed by atoms with Gasteiger partial charge in [-0.3, -0.25) is 0 Å². The number of hydrogen-bond acceptors (Lipinski definition) is 6.